The maximum absolute atomic E-state index is 13.0. The molecule has 8 nitrogen and oxygen atoms in total. The van der Waals surface area contributed by atoms with E-state index in [0.717, 1.165) is 10.2 Å². The van der Waals surface area contributed by atoms with Gasteiger partial charge in [-0.3, -0.25) is 9.59 Å². The van der Waals surface area contributed by atoms with Crippen LogP contribution in [0.3, 0.4) is 0 Å². The molecule has 0 fully saturated rings. The SMILES string of the molecule is CCOC(=O)Cn1c(=NC(=O)c2ccc(OCC)c(OCC)c2)sc2cc(OC)ccc21. The molecule has 0 unspecified atom stereocenters. The summed E-state index contributed by atoms with van der Waals surface area (Å²) < 4.78 is 24.1. The number of carbonyl (C=O) groups excluding carboxylic acids is 2. The molecule has 0 spiro atoms. The lowest BCUT2D eigenvalue weighted by Crippen LogP contribution is -2.23. The van der Waals surface area contributed by atoms with E-state index < -0.39 is 11.9 Å². The first-order chi connectivity index (χ1) is 15.5. The first-order valence-corrected chi connectivity index (χ1v) is 11.1. The molecule has 0 saturated carbocycles. The van der Waals surface area contributed by atoms with E-state index in [1.54, 1.807) is 42.9 Å². The van der Waals surface area contributed by atoms with Crippen LogP contribution in [0.5, 0.6) is 17.2 Å². The topological polar surface area (TPSA) is 88.4 Å². The van der Waals surface area contributed by atoms with Gasteiger partial charge in [-0.05, 0) is 57.2 Å². The number of ether oxygens (including phenoxy) is 4. The molecular formula is C23H26N2O6S. The highest BCUT2D eigenvalue weighted by molar-refractivity contribution is 7.16. The molecule has 1 aromatic heterocycles. The first kappa shape index (κ1) is 23.3. The summed E-state index contributed by atoms with van der Waals surface area (Å²) in [6.45, 7) is 6.62. The van der Waals surface area contributed by atoms with Crippen molar-refractivity contribution in [1.82, 2.24) is 4.57 Å². The molecule has 0 N–H and O–H groups in total. The molecule has 0 atom stereocenters. The van der Waals surface area contributed by atoms with Gasteiger partial charge in [0.2, 0.25) is 0 Å². The molecule has 2 aromatic carbocycles. The Morgan fingerprint density at radius 1 is 0.969 bits per heavy atom. The average Bonchev–Trinajstić information content (AvgIpc) is 3.11. The maximum Gasteiger partial charge on any atom is 0.326 e. The molecule has 3 aromatic rings. The molecule has 0 bridgehead atoms. The Hall–Kier alpha value is -3.33. The van der Waals surface area contributed by atoms with E-state index in [-0.39, 0.29) is 13.2 Å². The van der Waals surface area contributed by atoms with Crippen LogP contribution in [0.15, 0.2) is 41.4 Å². The van der Waals surface area contributed by atoms with Gasteiger partial charge in [0.25, 0.3) is 5.91 Å². The average molecular weight is 459 g/mol. The van der Waals surface area contributed by atoms with Crippen LogP contribution in [-0.2, 0) is 16.1 Å². The van der Waals surface area contributed by atoms with Crippen LogP contribution in [0.1, 0.15) is 31.1 Å². The minimum atomic E-state index is -0.454. The monoisotopic (exact) mass is 458 g/mol. The number of hydrogen-bond acceptors (Lipinski definition) is 7. The lowest BCUT2D eigenvalue weighted by molar-refractivity contribution is -0.143. The molecule has 1 amide bonds. The Morgan fingerprint density at radius 2 is 1.72 bits per heavy atom. The summed E-state index contributed by atoms with van der Waals surface area (Å²) in [5, 5.41) is 0. The van der Waals surface area contributed by atoms with Crippen molar-refractivity contribution in [1.29, 1.82) is 0 Å². The van der Waals surface area contributed by atoms with Crippen LogP contribution in [0.2, 0.25) is 0 Å². The summed E-state index contributed by atoms with van der Waals surface area (Å²) in [5.74, 6) is 0.864. The van der Waals surface area contributed by atoms with Crippen molar-refractivity contribution in [2.45, 2.75) is 27.3 Å². The maximum atomic E-state index is 13.0. The van der Waals surface area contributed by atoms with Crippen molar-refractivity contribution in [2.24, 2.45) is 4.99 Å². The van der Waals surface area contributed by atoms with E-state index in [4.69, 9.17) is 18.9 Å². The standard InChI is InChI=1S/C23H26N2O6S/c1-5-29-18-11-8-15(12-19(18)30-6-2)22(27)24-23-25(14-21(26)31-7-3)17-10-9-16(28-4)13-20(17)32-23/h8-13H,5-7,14H2,1-4H3. The van der Waals surface area contributed by atoms with Gasteiger partial charge < -0.3 is 23.5 Å². The summed E-state index contributed by atoms with van der Waals surface area (Å²) in [4.78, 5) is 29.9. The van der Waals surface area contributed by atoms with Crippen LogP contribution < -0.4 is 19.0 Å². The number of methoxy groups -OCH3 is 1. The molecule has 32 heavy (non-hydrogen) atoms. The van der Waals surface area contributed by atoms with E-state index in [2.05, 4.69) is 4.99 Å². The van der Waals surface area contributed by atoms with Crippen LogP contribution in [-0.4, -0.2) is 43.4 Å². The number of thiazole rings is 1. The van der Waals surface area contributed by atoms with Crippen molar-refractivity contribution in [2.75, 3.05) is 26.9 Å². The first-order valence-electron chi connectivity index (χ1n) is 10.3. The van der Waals surface area contributed by atoms with Crippen LogP contribution in [0.4, 0.5) is 0 Å². The zero-order chi connectivity index (χ0) is 23.1. The summed E-state index contributed by atoms with van der Waals surface area (Å²) >= 11 is 1.29. The molecular weight excluding hydrogens is 432 g/mol. The second kappa shape index (κ2) is 10.8. The number of benzene rings is 2. The Bertz CT molecular complexity index is 1180. The Kier molecular flexibility index (Phi) is 7.88. The van der Waals surface area contributed by atoms with Crippen molar-refractivity contribution in [3.8, 4) is 17.2 Å². The van der Waals surface area contributed by atoms with Gasteiger partial charge >= 0.3 is 5.97 Å². The molecule has 170 valence electrons. The number of fused-ring (bicyclic) bond motifs is 1. The lowest BCUT2D eigenvalue weighted by Gasteiger charge is -2.11. The molecule has 9 heteroatoms. The number of rotatable bonds is 9. The Morgan fingerprint density at radius 3 is 2.41 bits per heavy atom. The molecule has 3 rings (SSSR count). The number of esters is 1. The van der Waals surface area contributed by atoms with E-state index in [0.29, 0.717) is 40.8 Å². The molecule has 0 saturated heterocycles. The minimum absolute atomic E-state index is 0.0558. The van der Waals surface area contributed by atoms with E-state index >= 15 is 0 Å². The predicted octanol–water partition coefficient (Wildman–Crippen LogP) is 3.81. The summed E-state index contributed by atoms with van der Waals surface area (Å²) in [6.07, 6.45) is 0. The van der Waals surface area contributed by atoms with Crippen LogP contribution >= 0.6 is 11.3 Å². The summed E-state index contributed by atoms with van der Waals surface area (Å²) in [5.41, 5.74) is 1.12. The van der Waals surface area contributed by atoms with Crippen molar-refractivity contribution >= 4 is 33.4 Å². The highest BCUT2D eigenvalue weighted by atomic mass is 32.1. The number of aromatic nitrogens is 1. The van der Waals surface area contributed by atoms with Crippen molar-refractivity contribution < 1.29 is 28.5 Å². The fourth-order valence-electron chi connectivity index (χ4n) is 3.09. The smallest absolute Gasteiger partial charge is 0.326 e. The highest BCUT2D eigenvalue weighted by Crippen LogP contribution is 2.29. The largest absolute Gasteiger partial charge is 0.497 e. The third kappa shape index (κ3) is 5.28. The fraction of sp³-hybridized carbons (Fsp3) is 0.348. The van der Waals surface area contributed by atoms with Gasteiger partial charge in [-0.1, -0.05) is 11.3 Å². The second-order valence-electron chi connectivity index (χ2n) is 6.55. The molecule has 0 aliphatic carbocycles. The molecule has 0 radical (unpaired) electrons. The van der Waals surface area contributed by atoms with Crippen LogP contribution in [0, 0.1) is 0 Å². The van der Waals surface area contributed by atoms with Crippen molar-refractivity contribution in [3.05, 3.63) is 46.8 Å². The van der Waals surface area contributed by atoms with E-state index in [1.165, 1.54) is 11.3 Å². The molecule has 1 heterocycles. The van der Waals surface area contributed by atoms with Gasteiger partial charge in [-0.15, -0.1) is 0 Å². The molecule has 0 aliphatic heterocycles. The number of carbonyl (C=O) groups is 2. The van der Waals surface area contributed by atoms with Gasteiger partial charge in [0.1, 0.15) is 12.3 Å². The zero-order valence-corrected chi connectivity index (χ0v) is 19.4. The highest BCUT2D eigenvalue weighted by Gasteiger charge is 2.15. The predicted molar refractivity (Wildman–Crippen MR) is 122 cm³/mol. The van der Waals surface area contributed by atoms with Gasteiger partial charge in [-0.2, -0.15) is 4.99 Å². The van der Waals surface area contributed by atoms with Gasteiger partial charge in [0.05, 0.1) is 37.1 Å². The lowest BCUT2D eigenvalue weighted by atomic mass is 10.2. The third-order valence-corrected chi connectivity index (χ3v) is 5.51. The quantitative estimate of drug-likeness (QED) is 0.453. The normalized spacial score (nSPS) is 11.4. The molecule has 0 aliphatic rings. The van der Waals surface area contributed by atoms with Crippen molar-refractivity contribution in [3.63, 3.8) is 0 Å². The fourth-order valence-corrected chi connectivity index (χ4v) is 4.15. The summed E-state index contributed by atoms with van der Waals surface area (Å²) in [6, 6.07) is 10.4. The Labute approximate surface area is 190 Å². The van der Waals surface area contributed by atoms with Crippen LogP contribution in [0.25, 0.3) is 10.2 Å². The van der Waals surface area contributed by atoms with E-state index in [9.17, 15) is 9.59 Å². The Balaban J connectivity index is 2.06. The van der Waals surface area contributed by atoms with Gasteiger partial charge in [0, 0.05) is 5.56 Å². The van der Waals surface area contributed by atoms with Gasteiger partial charge in [-0.25, -0.2) is 0 Å². The van der Waals surface area contributed by atoms with Gasteiger partial charge in [0.15, 0.2) is 16.3 Å². The number of hydrogen-bond donors (Lipinski definition) is 0. The number of amides is 1. The second-order valence-corrected chi connectivity index (χ2v) is 7.56. The minimum Gasteiger partial charge on any atom is -0.497 e. The zero-order valence-electron chi connectivity index (χ0n) is 18.5. The van der Waals surface area contributed by atoms with E-state index in [1.807, 2.05) is 26.0 Å². The summed E-state index contributed by atoms with van der Waals surface area (Å²) in [7, 11) is 1.58. The number of nitrogens with zero attached hydrogens (tertiary/aromatic N) is 2. The third-order valence-electron chi connectivity index (χ3n) is 4.47.